The molecule has 0 aliphatic heterocycles. The highest BCUT2D eigenvalue weighted by molar-refractivity contribution is 7.89. The molecule has 27 heavy (non-hydrogen) atoms. The second kappa shape index (κ2) is 9.78. The molecule has 2 rings (SSSR count). The Hall–Kier alpha value is -2.02. The molecule has 2 aromatic carbocycles. The highest BCUT2D eigenvalue weighted by Crippen LogP contribution is 2.18. The van der Waals surface area contributed by atoms with E-state index in [1.54, 1.807) is 42.5 Å². The average Bonchev–Trinajstić information content (AvgIpc) is 2.61. The summed E-state index contributed by atoms with van der Waals surface area (Å²) in [4.78, 5) is 0.246. The molecule has 0 aliphatic rings. The molecule has 1 unspecified atom stereocenters. The Morgan fingerprint density at radius 1 is 1.22 bits per heavy atom. The third kappa shape index (κ3) is 6.27. The summed E-state index contributed by atoms with van der Waals surface area (Å²) in [6, 6.07) is 12.9. The van der Waals surface area contributed by atoms with Gasteiger partial charge in [-0.15, -0.1) is 6.58 Å². The summed E-state index contributed by atoms with van der Waals surface area (Å²) in [7, 11) is -3.61. The second-order valence-electron chi connectivity index (χ2n) is 6.59. The highest BCUT2D eigenvalue weighted by Gasteiger charge is 2.23. The standard InChI is InChI=1S/C21H26FNO3S/c1-3-13-23(27(25,26)21-11-9-17(2)10-12-21)14-5-8-20(24)16-18-6-4-7-19(22)15-18/h3-4,6-7,9-12,15,20,24H,1,5,8,13-14,16H2,2H3. The fourth-order valence-electron chi connectivity index (χ4n) is 2.85. The van der Waals surface area contributed by atoms with E-state index in [0.29, 0.717) is 19.3 Å². The molecule has 0 spiro atoms. The van der Waals surface area contributed by atoms with E-state index in [9.17, 15) is 17.9 Å². The van der Waals surface area contributed by atoms with Gasteiger partial charge in [0.1, 0.15) is 5.82 Å². The molecular weight excluding hydrogens is 365 g/mol. The smallest absolute Gasteiger partial charge is 0.243 e. The van der Waals surface area contributed by atoms with Crippen LogP contribution in [0.5, 0.6) is 0 Å². The number of aryl methyl sites for hydroxylation is 1. The quantitative estimate of drug-likeness (QED) is 0.629. The molecule has 0 aromatic heterocycles. The molecule has 1 N–H and O–H groups in total. The van der Waals surface area contributed by atoms with Crippen LogP contribution < -0.4 is 0 Å². The molecule has 0 amide bonds. The molecular formula is C21H26FNO3S. The van der Waals surface area contributed by atoms with Crippen LogP contribution in [-0.4, -0.2) is 37.0 Å². The third-order valence-corrected chi connectivity index (χ3v) is 6.18. The van der Waals surface area contributed by atoms with Gasteiger partial charge in [0.05, 0.1) is 11.0 Å². The van der Waals surface area contributed by atoms with E-state index in [1.165, 1.54) is 16.4 Å². The molecule has 2 aromatic rings. The molecule has 0 fully saturated rings. The summed E-state index contributed by atoms with van der Waals surface area (Å²) in [5.74, 6) is -0.332. The van der Waals surface area contributed by atoms with Crippen molar-refractivity contribution in [1.82, 2.24) is 4.31 Å². The number of hydrogen-bond acceptors (Lipinski definition) is 3. The minimum atomic E-state index is -3.61. The van der Waals surface area contributed by atoms with Crippen molar-refractivity contribution in [2.24, 2.45) is 0 Å². The Balaban J connectivity index is 1.95. The van der Waals surface area contributed by atoms with Crippen molar-refractivity contribution in [2.45, 2.75) is 37.2 Å². The van der Waals surface area contributed by atoms with Crippen molar-refractivity contribution in [2.75, 3.05) is 13.1 Å². The number of rotatable bonds is 10. The number of halogens is 1. The predicted octanol–water partition coefficient (Wildman–Crippen LogP) is 3.69. The number of aliphatic hydroxyl groups is 1. The molecule has 0 bridgehead atoms. The first-order chi connectivity index (χ1) is 12.8. The highest BCUT2D eigenvalue weighted by atomic mass is 32.2. The van der Waals surface area contributed by atoms with Crippen LogP contribution in [0.25, 0.3) is 0 Å². The SMILES string of the molecule is C=CCN(CCCC(O)Cc1cccc(F)c1)S(=O)(=O)c1ccc(C)cc1. The number of sulfonamides is 1. The number of benzene rings is 2. The maximum absolute atomic E-state index is 13.2. The molecule has 0 saturated carbocycles. The van der Waals surface area contributed by atoms with Gasteiger partial charge in [-0.3, -0.25) is 0 Å². The predicted molar refractivity (Wildman–Crippen MR) is 105 cm³/mol. The topological polar surface area (TPSA) is 57.6 Å². The summed E-state index contributed by atoms with van der Waals surface area (Å²) >= 11 is 0. The zero-order valence-electron chi connectivity index (χ0n) is 15.5. The third-order valence-electron chi connectivity index (χ3n) is 4.30. The van der Waals surface area contributed by atoms with Gasteiger partial charge in [-0.2, -0.15) is 4.31 Å². The van der Waals surface area contributed by atoms with E-state index in [-0.39, 0.29) is 23.8 Å². The van der Waals surface area contributed by atoms with Crippen molar-refractivity contribution in [1.29, 1.82) is 0 Å². The zero-order chi connectivity index (χ0) is 19.9. The Morgan fingerprint density at radius 3 is 2.56 bits per heavy atom. The van der Waals surface area contributed by atoms with Gasteiger partial charge >= 0.3 is 0 Å². The van der Waals surface area contributed by atoms with Crippen LogP contribution in [0.1, 0.15) is 24.0 Å². The lowest BCUT2D eigenvalue weighted by molar-refractivity contribution is 0.159. The van der Waals surface area contributed by atoms with Crippen LogP contribution in [0.2, 0.25) is 0 Å². The molecule has 6 heteroatoms. The van der Waals surface area contributed by atoms with Crippen molar-refractivity contribution in [3.8, 4) is 0 Å². The van der Waals surface area contributed by atoms with Crippen LogP contribution in [0.3, 0.4) is 0 Å². The monoisotopic (exact) mass is 391 g/mol. The Kier molecular flexibility index (Phi) is 7.71. The van der Waals surface area contributed by atoms with Crippen LogP contribution in [0.15, 0.2) is 66.1 Å². The van der Waals surface area contributed by atoms with Gasteiger partial charge in [0, 0.05) is 13.1 Å². The molecule has 1 atom stereocenters. The van der Waals surface area contributed by atoms with Crippen LogP contribution in [0, 0.1) is 12.7 Å². The summed E-state index contributed by atoms with van der Waals surface area (Å²) in [5.41, 5.74) is 1.71. The summed E-state index contributed by atoms with van der Waals surface area (Å²) in [6.07, 6.45) is 2.15. The van der Waals surface area contributed by atoms with Gasteiger partial charge in [0.25, 0.3) is 0 Å². The molecule has 0 saturated heterocycles. The second-order valence-corrected chi connectivity index (χ2v) is 8.53. The normalized spacial score (nSPS) is 12.9. The largest absolute Gasteiger partial charge is 0.393 e. The van der Waals surface area contributed by atoms with E-state index >= 15 is 0 Å². The lowest BCUT2D eigenvalue weighted by Crippen LogP contribution is -2.32. The van der Waals surface area contributed by atoms with Gasteiger partial charge in [-0.05, 0) is 56.0 Å². The van der Waals surface area contributed by atoms with Crippen molar-refractivity contribution in [3.63, 3.8) is 0 Å². The maximum Gasteiger partial charge on any atom is 0.243 e. The van der Waals surface area contributed by atoms with E-state index in [2.05, 4.69) is 6.58 Å². The van der Waals surface area contributed by atoms with Gasteiger partial charge in [0.2, 0.25) is 10.0 Å². The fraction of sp³-hybridized carbons (Fsp3) is 0.333. The van der Waals surface area contributed by atoms with Crippen molar-refractivity contribution < 1.29 is 17.9 Å². The first-order valence-electron chi connectivity index (χ1n) is 8.93. The van der Waals surface area contributed by atoms with Crippen LogP contribution in [0.4, 0.5) is 4.39 Å². The molecule has 0 heterocycles. The van der Waals surface area contributed by atoms with Crippen LogP contribution in [-0.2, 0) is 16.4 Å². The zero-order valence-corrected chi connectivity index (χ0v) is 16.3. The van der Waals surface area contributed by atoms with Crippen LogP contribution >= 0.6 is 0 Å². The summed E-state index contributed by atoms with van der Waals surface area (Å²) < 4.78 is 40.2. The first kappa shape index (κ1) is 21.3. The minimum Gasteiger partial charge on any atom is -0.393 e. The molecule has 4 nitrogen and oxygen atoms in total. The molecule has 0 radical (unpaired) electrons. The summed E-state index contributed by atoms with van der Waals surface area (Å²) in [5, 5.41) is 10.2. The van der Waals surface area contributed by atoms with E-state index in [1.807, 2.05) is 6.92 Å². The fourth-order valence-corrected chi connectivity index (χ4v) is 4.30. The number of aliphatic hydroxyl groups excluding tert-OH is 1. The Bertz CT molecular complexity index is 850. The Labute approximate surface area is 161 Å². The average molecular weight is 392 g/mol. The maximum atomic E-state index is 13.2. The molecule has 0 aliphatic carbocycles. The Morgan fingerprint density at radius 2 is 1.93 bits per heavy atom. The lowest BCUT2D eigenvalue weighted by Gasteiger charge is -2.21. The van der Waals surface area contributed by atoms with Crippen molar-refractivity contribution >= 4 is 10.0 Å². The summed E-state index contributed by atoms with van der Waals surface area (Å²) in [6.45, 7) is 6.02. The van der Waals surface area contributed by atoms with Gasteiger partial charge in [-0.25, -0.2) is 12.8 Å². The van der Waals surface area contributed by atoms with E-state index in [4.69, 9.17) is 0 Å². The van der Waals surface area contributed by atoms with Gasteiger partial charge in [0.15, 0.2) is 0 Å². The van der Waals surface area contributed by atoms with E-state index in [0.717, 1.165) is 11.1 Å². The lowest BCUT2D eigenvalue weighted by atomic mass is 10.0. The number of hydrogen-bond donors (Lipinski definition) is 1. The number of nitrogens with zero attached hydrogens (tertiary/aromatic N) is 1. The van der Waals surface area contributed by atoms with E-state index < -0.39 is 16.1 Å². The minimum absolute atomic E-state index is 0.205. The first-order valence-corrected chi connectivity index (χ1v) is 10.4. The van der Waals surface area contributed by atoms with Crippen molar-refractivity contribution in [3.05, 3.63) is 78.1 Å². The van der Waals surface area contributed by atoms with Gasteiger partial charge < -0.3 is 5.11 Å². The molecule has 146 valence electrons. The van der Waals surface area contributed by atoms with Gasteiger partial charge in [-0.1, -0.05) is 35.9 Å².